The van der Waals surface area contributed by atoms with Gasteiger partial charge in [0.2, 0.25) is 11.7 Å². The zero-order valence-electron chi connectivity index (χ0n) is 17.1. The Morgan fingerprint density at radius 2 is 2.00 bits per heavy atom. The second-order valence-electron chi connectivity index (χ2n) is 7.80. The van der Waals surface area contributed by atoms with Crippen molar-refractivity contribution < 1.29 is 28.1 Å². The monoisotopic (exact) mass is 439 g/mol. The lowest BCUT2D eigenvalue weighted by Gasteiger charge is -2.29. The van der Waals surface area contributed by atoms with Gasteiger partial charge in [-0.05, 0) is 32.6 Å². The third kappa shape index (κ3) is 5.16. The van der Waals surface area contributed by atoms with Crippen molar-refractivity contribution in [3.63, 3.8) is 0 Å². The van der Waals surface area contributed by atoms with Gasteiger partial charge in [0.25, 0.3) is 11.1 Å². The normalized spacial score (nSPS) is 23.0. The zero-order chi connectivity index (χ0) is 21.1. The van der Waals surface area contributed by atoms with Crippen molar-refractivity contribution in [3.8, 4) is 11.1 Å². The Labute approximate surface area is 178 Å². The Morgan fingerprint density at radius 1 is 1.27 bits per heavy atom. The van der Waals surface area contributed by atoms with Crippen molar-refractivity contribution in [1.29, 1.82) is 0 Å². The van der Waals surface area contributed by atoms with Gasteiger partial charge < -0.3 is 24.3 Å². The fraction of sp³-hybridized carbons (Fsp3) is 0.650. The average molecular weight is 440 g/mol. The minimum Gasteiger partial charge on any atom is -0.472 e. The molecule has 164 valence electrons. The first kappa shape index (κ1) is 21.2. The molecule has 8 nitrogen and oxygen atoms in total. The topological polar surface area (TPSA) is 91.8 Å². The van der Waals surface area contributed by atoms with Crippen LogP contribution in [0.25, 0.3) is 10.2 Å². The average Bonchev–Trinajstić information content (AvgIpc) is 3.10. The number of rotatable bonds is 8. The number of fused-ring (bicyclic) bond motifs is 1. The smallest absolute Gasteiger partial charge is 0.274 e. The van der Waals surface area contributed by atoms with Gasteiger partial charge in [0, 0.05) is 13.0 Å². The molecule has 0 bridgehead atoms. The number of ether oxygens (including phenoxy) is 4. The molecule has 3 heterocycles. The molecule has 1 aliphatic heterocycles. The number of nitrogens with zero attached hydrogens (tertiary/aromatic N) is 2. The van der Waals surface area contributed by atoms with E-state index in [1.165, 1.54) is 13.1 Å². The maximum absolute atomic E-state index is 14.9. The molecule has 30 heavy (non-hydrogen) atoms. The van der Waals surface area contributed by atoms with Crippen molar-refractivity contribution in [2.75, 3.05) is 19.8 Å². The Bertz CT molecular complexity index is 883. The first-order chi connectivity index (χ1) is 14.5. The largest absolute Gasteiger partial charge is 0.472 e. The number of aromatic nitrogens is 2. The molecular weight excluding hydrogens is 413 g/mol. The van der Waals surface area contributed by atoms with Crippen LogP contribution in [0.15, 0.2) is 6.20 Å². The van der Waals surface area contributed by atoms with Crippen molar-refractivity contribution in [1.82, 2.24) is 15.3 Å². The summed E-state index contributed by atoms with van der Waals surface area (Å²) in [5.74, 6) is -0.549. The van der Waals surface area contributed by atoms with Crippen LogP contribution in [0.3, 0.4) is 0 Å². The van der Waals surface area contributed by atoms with E-state index < -0.39 is 5.82 Å². The Balaban J connectivity index is 1.29. The minimum absolute atomic E-state index is 0.00771. The number of carbonyl (C=O) groups excluding carboxylic acids is 1. The van der Waals surface area contributed by atoms with E-state index in [4.69, 9.17) is 18.9 Å². The van der Waals surface area contributed by atoms with Crippen LogP contribution in [-0.2, 0) is 14.3 Å². The molecule has 2 aromatic heterocycles. The van der Waals surface area contributed by atoms with Crippen molar-refractivity contribution in [2.24, 2.45) is 0 Å². The fourth-order valence-electron chi connectivity index (χ4n) is 3.53. The molecule has 1 N–H and O–H groups in total. The zero-order valence-corrected chi connectivity index (χ0v) is 17.9. The summed E-state index contributed by atoms with van der Waals surface area (Å²) in [7, 11) is 0. The van der Waals surface area contributed by atoms with Gasteiger partial charge in [0.1, 0.15) is 22.4 Å². The van der Waals surface area contributed by atoms with E-state index in [1.54, 1.807) is 0 Å². The molecule has 1 aliphatic carbocycles. The first-order valence-electron chi connectivity index (χ1n) is 10.2. The lowest BCUT2D eigenvalue weighted by molar-refractivity contribution is -0.120. The molecule has 1 amide bonds. The Morgan fingerprint density at radius 3 is 2.67 bits per heavy atom. The fourth-order valence-corrected chi connectivity index (χ4v) is 4.41. The molecule has 0 spiro atoms. The number of pyridine rings is 1. The van der Waals surface area contributed by atoms with Gasteiger partial charge in [-0.3, -0.25) is 4.79 Å². The van der Waals surface area contributed by atoms with Gasteiger partial charge in [-0.1, -0.05) is 11.3 Å². The van der Waals surface area contributed by atoms with E-state index in [-0.39, 0.29) is 36.1 Å². The van der Waals surface area contributed by atoms with Crippen LogP contribution >= 0.6 is 11.3 Å². The minimum atomic E-state index is -0.493. The number of thiazole rings is 1. The van der Waals surface area contributed by atoms with Crippen molar-refractivity contribution in [2.45, 2.75) is 63.9 Å². The second kappa shape index (κ2) is 9.40. The van der Waals surface area contributed by atoms with Crippen LogP contribution in [0.1, 0.15) is 39.5 Å². The third-order valence-corrected chi connectivity index (χ3v) is 6.09. The van der Waals surface area contributed by atoms with Crippen LogP contribution in [0.2, 0.25) is 0 Å². The highest BCUT2D eigenvalue weighted by atomic mass is 32.1. The molecule has 0 aromatic carbocycles. The van der Waals surface area contributed by atoms with E-state index >= 15 is 0 Å². The van der Waals surface area contributed by atoms with Gasteiger partial charge in [-0.2, -0.15) is 4.39 Å². The summed E-state index contributed by atoms with van der Waals surface area (Å²) in [6, 6.07) is -0.0217. The molecule has 2 aromatic rings. The molecule has 10 heteroatoms. The van der Waals surface area contributed by atoms with Crippen LogP contribution in [0.4, 0.5) is 4.39 Å². The molecule has 2 fully saturated rings. The van der Waals surface area contributed by atoms with Gasteiger partial charge >= 0.3 is 0 Å². The predicted molar refractivity (Wildman–Crippen MR) is 109 cm³/mol. The SMILES string of the molecule is CC(=O)N[C@@H](C)CO[C@H]1CC[C@H](Oc2ncc3nc(OC4COC4)sc3c2F)CC1. The molecule has 0 unspecified atom stereocenters. The van der Waals surface area contributed by atoms with Gasteiger partial charge in [-0.25, -0.2) is 9.97 Å². The quantitative estimate of drug-likeness (QED) is 0.676. The summed E-state index contributed by atoms with van der Waals surface area (Å²) >= 11 is 1.16. The maximum Gasteiger partial charge on any atom is 0.274 e. The summed E-state index contributed by atoms with van der Waals surface area (Å²) < 4.78 is 37.8. The Kier molecular flexibility index (Phi) is 6.64. The van der Waals surface area contributed by atoms with Crippen molar-refractivity contribution >= 4 is 27.5 Å². The summed E-state index contributed by atoms with van der Waals surface area (Å²) in [5, 5.41) is 3.22. The predicted octanol–water partition coefficient (Wildman–Crippen LogP) is 2.84. The van der Waals surface area contributed by atoms with Crippen molar-refractivity contribution in [3.05, 3.63) is 12.0 Å². The van der Waals surface area contributed by atoms with E-state index in [1.807, 2.05) is 6.92 Å². The van der Waals surface area contributed by atoms with E-state index in [0.29, 0.717) is 35.2 Å². The molecule has 4 rings (SSSR count). The lowest BCUT2D eigenvalue weighted by atomic mass is 9.95. The summed E-state index contributed by atoms with van der Waals surface area (Å²) in [4.78, 5) is 19.5. The summed E-state index contributed by atoms with van der Waals surface area (Å²) in [6.45, 7) is 4.95. The molecule has 2 aliphatic rings. The third-order valence-electron chi connectivity index (χ3n) is 5.13. The van der Waals surface area contributed by atoms with E-state index in [0.717, 1.165) is 37.0 Å². The van der Waals surface area contributed by atoms with Gasteiger partial charge in [-0.15, -0.1) is 0 Å². The number of nitrogens with one attached hydrogen (secondary N) is 1. The van der Waals surface area contributed by atoms with Crippen LogP contribution in [-0.4, -0.2) is 60.0 Å². The van der Waals surface area contributed by atoms with Gasteiger partial charge in [0.05, 0.1) is 32.1 Å². The second-order valence-corrected chi connectivity index (χ2v) is 8.76. The maximum atomic E-state index is 14.9. The number of carbonyl (C=O) groups is 1. The first-order valence-corrected chi connectivity index (χ1v) is 11.0. The van der Waals surface area contributed by atoms with Crippen LogP contribution < -0.4 is 14.8 Å². The van der Waals surface area contributed by atoms with Crippen LogP contribution in [0, 0.1) is 5.82 Å². The number of halogens is 1. The van der Waals surface area contributed by atoms with E-state index in [9.17, 15) is 9.18 Å². The molecule has 1 saturated heterocycles. The highest BCUT2D eigenvalue weighted by Crippen LogP contribution is 2.35. The molecule has 1 atom stereocenters. The lowest BCUT2D eigenvalue weighted by Crippen LogP contribution is -2.38. The summed E-state index contributed by atoms with van der Waals surface area (Å²) in [6.07, 6.45) is 4.69. The van der Waals surface area contributed by atoms with Crippen LogP contribution in [0.5, 0.6) is 11.1 Å². The number of hydrogen-bond acceptors (Lipinski definition) is 8. The Hall–Kier alpha value is -2.04. The standard InChI is InChI=1S/C20H26FN3O5S/c1-11(23-12(2)25)8-27-13-3-5-14(6-4-13)28-19-17(21)18-16(7-22-19)24-20(30-18)29-15-9-26-10-15/h7,11,13-15H,3-6,8-10H2,1-2H3,(H,23,25)/t11-,13-,14-/m0/s1. The number of hydrogen-bond donors (Lipinski definition) is 1. The highest BCUT2D eigenvalue weighted by Gasteiger charge is 2.26. The number of amides is 1. The van der Waals surface area contributed by atoms with Gasteiger partial charge in [0.15, 0.2) is 0 Å². The highest BCUT2D eigenvalue weighted by molar-refractivity contribution is 7.20. The molecular formula is C20H26FN3O5S. The van der Waals surface area contributed by atoms with E-state index in [2.05, 4.69) is 15.3 Å². The summed E-state index contributed by atoms with van der Waals surface area (Å²) in [5.41, 5.74) is 0.463. The molecule has 0 radical (unpaired) electrons. The molecule has 1 saturated carbocycles.